The normalized spacial score (nSPS) is 20.2. The molecular weight excluding hydrogens is 311 g/mol. The van der Waals surface area contributed by atoms with Crippen molar-refractivity contribution in [3.8, 4) is 0 Å². The molecule has 0 radical (unpaired) electrons. The Labute approximate surface area is 111 Å². The largest absolute Gasteiger partial charge is 0.416 e. The fourth-order valence-corrected chi connectivity index (χ4v) is 2.44. The summed E-state index contributed by atoms with van der Waals surface area (Å²) in [6.45, 7) is 1.23. The molecule has 6 heteroatoms. The van der Waals surface area contributed by atoms with Gasteiger partial charge in [-0.15, -0.1) is 0 Å². The third-order valence-corrected chi connectivity index (χ3v) is 3.62. The molecule has 0 N–H and O–H groups in total. The Kier molecular flexibility index (Phi) is 3.66. The number of likely N-dealkylation sites (tertiary alicyclic amines) is 1. The Hall–Kier alpha value is -1.04. The van der Waals surface area contributed by atoms with E-state index >= 15 is 0 Å². The smallest absolute Gasteiger partial charge is 0.337 e. The lowest BCUT2D eigenvalue weighted by Crippen LogP contribution is -2.28. The van der Waals surface area contributed by atoms with Crippen LogP contribution in [0.15, 0.2) is 24.3 Å². The van der Waals surface area contributed by atoms with Gasteiger partial charge in [-0.2, -0.15) is 13.2 Å². The first-order chi connectivity index (χ1) is 8.38. The Morgan fingerprint density at radius 1 is 1.28 bits per heavy atom. The molecule has 1 amide bonds. The number of hydrogen-bond donors (Lipinski definition) is 0. The minimum atomic E-state index is -4.36. The van der Waals surface area contributed by atoms with Crippen molar-refractivity contribution in [1.29, 1.82) is 0 Å². The van der Waals surface area contributed by atoms with Gasteiger partial charge >= 0.3 is 6.18 Å². The number of carbonyl (C=O) groups excluding carboxylic acids is 1. The molecule has 1 aromatic rings. The van der Waals surface area contributed by atoms with Gasteiger partial charge in [0.1, 0.15) is 0 Å². The molecule has 98 valence electrons. The Morgan fingerprint density at radius 3 is 2.33 bits per heavy atom. The van der Waals surface area contributed by atoms with Gasteiger partial charge in [-0.1, -0.05) is 15.9 Å². The van der Waals surface area contributed by atoms with Crippen LogP contribution in [-0.4, -0.2) is 28.7 Å². The van der Waals surface area contributed by atoms with E-state index in [1.54, 1.807) is 4.90 Å². The van der Waals surface area contributed by atoms with Gasteiger partial charge in [-0.25, -0.2) is 0 Å². The van der Waals surface area contributed by atoms with E-state index in [0.29, 0.717) is 18.7 Å². The number of carbonyl (C=O) groups is 1. The minimum Gasteiger partial charge on any atom is -0.337 e. The summed E-state index contributed by atoms with van der Waals surface area (Å²) in [6, 6.07) is 4.34. The zero-order valence-electron chi connectivity index (χ0n) is 9.38. The number of rotatable bonds is 1. The van der Waals surface area contributed by atoms with Crippen molar-refractivity contribution in [2.24, 2.45) is 0 Å². The maximum Gasteiger partial charge on any atom is 0.416 e. The van der Waals surface area contributed by atoms with Crippen molar-refractivity contribution >= 4 is 21.8 Å². The lowest BCUT2D eigenvalue weighted by Gasteiger charge is -2.16. The molecule has 18 heavy (non-hydrogen) atoms. The van der Waals surface area contributed by atoms with Crippen molar-refractivity contribution < 1.29 is 18.0 Å². The molecule has 1 fully saturated rings. The topological polar surface area (TPSA) is 20.3 Å². The molecule has 2 nitrogen and oxygen atoms in total. The van der Waals surface area contributed by atoms with E-state index in [-0.39, 0.29) is 10.7 Å². The quantitative estimate of drug-likeness (QED) is 0.727. The third-order valence-electron chi connectivity index (χ3n) is 2.88. The van der Waals surface area contributed by atoms with Crippen molar-refractivity contribution in [2.45, 2.75) is 17.4 Å². The summed E-state index contributed by atoms with van der Waals surface area (Å²) in [4.78, 5) is 13.9. The summed E-state index contributed by atoms with van der Waals surface area (Å²) in [6.07, 6.45) is -3.50. The summed E-state index contributed by atoms with van der Waals surface area (Å²) in [7, 11) is 0. The predicted octanol–water partition coefficient (Wildman–Crippen LogP) is 3.31. The van der Waals surface area contributed by atoms with E-state index in [2.05, 4.69) is 15.9 Å². The molecule has 1 aromatic carbocycles. The van der Waals surface area contributed by atoms with Crippen LogP contribution in [-0.2, 0) is 6.18 Å². The minimum absolute atomic E-state index is 0.217. The van der Waals surface area contributed by atoms with Gasteiger partial charge in [0.15, 0.2) is 0 Å². The van der Waals surface area contributed by atoms with E-state index in [9.17, 15) is 18.0 Å². The molecule has 0 saturated carbocycles. The highest BCUT2D eigenvalue weighted by molar-refractivity contribution is 9.09. The molecular formula is C12H11BrF3NO. The summed E-state index contributed by atoms with van der Waals surface area (Å²) >= 11 is 3.41. The summed E-state index contributed by atoms with van der Waals surface area (Å²) < 4.78 is 37.1. The lowest BCUT2D eigenvalue weighted by atomic mass is 10.1. The highest BCUT2D eigenvalue weighted by Crippen LogP contribution is 2.29. The van der Waals surface area contributed by atoms with Crippen LogP contribution in [0.2, 0.25) is 0 Å². The van der Waals surface area contributed by atoms with E-state index in [0.717, 1.165) is 18.6 Å². The molecule has 1 unspecified atom stereocenters. The maximum atomic E-state index is 12.4. The first-order valence-electron chi connectivity index (χ1n) is 5.48. The molecule has 1 saturated heterocycles. The zero-order chi connectivity index (χ0) is 13.3. The number of alkyl halides is 4. The molecule has 1 aliphatic heterocycles. The van der Waals surface area contributed by atoms with Gasteiger partial charge in [-0.05, 0) is 30.7 Å². The number of hydrogen-bond acceptors (Lipinski definition) is 1. The van der Waals surface area contributed by atoms with Crippen LogP contribution in [0, 0.1) is 0 Å². The molecule has 1 aliphatic rings. The highest BCUT2D eigenvalue weighted by atomic mass is 79.9. The number of amides is 1. The van der Waals surface area contributed by atoms with Crippen LogP contribution in [0.25, 0.3) is 0 Å². The fourth-order valence-electron chi connectivity index (χ4n) is 1.89. The van der Waals surface area contributed by atoms with Crippen molar-refractivity contribution in [1.82, 2.24) is 4.90 Å². The lowest BCUT2D eigenvalue weighted by molar-refractivity contribution is -0.137. The molecule has 2 rings (SSSR count). The Morgan fingerprint density at radius 2 is 1.89 bits per heavy atom. The van der Waals surface area contributed by atoms with Gasteiger partial charge in [0.05, 0.1) is 5.56 Å². The predicted molar refractivity (Wildman–Crippen MR) is 64.7 cm³/mol. The van der Waals surface area contributed by atoms with E-state index < -0.39 is 11.7 Å². The summed E-state index contributed by atoms with van der Waals surface area (Å²) in [5, 5.41) is 0. The van der Waals surface area contributed by atoms with Crippen molar-refractivity contribution in [3.05, 3.63) is 35.4 Å². The molecule has 0 aromatic heterocycles. The third kappa shape index (κ3) is 2.85. The number of nitrogens with zero attached hydrogens (tertiary/aromatic N) is 1. The van der Waals surface area contributed by atoms with Crippen molar-refractivity contribution in [2.75, 3.05) is 13.1 Å². The monoisotopic (exact) mass is 321 g/mol. The van der Waals surface area contributed by atoms with Gasteiger partial charge in [0.25, 0.3) is 5.91 Å². The van der Waals surface area contributed by atoms with Gasteiger partial charge in [-0.3, -0.25) is 4.79 Å². The van der Waals surface area contributed by atoms with Gasteiger partial charge in [0, 0.05) is 23.5 Å². The SMILES string of the molecule is O=C(c1ccc(C(F)(F)F)cc1)N1CCC(Br)C1. The Bertz CT molecular complexity index is 444. The fraction of sp³-hybridized carbons (Fsp3) is 0.417. The van der Waals surface area contributed by atoms with Crippen LogP contribution >= 0.6 is 15.9 Å². The molecule has 1 heterocycles. The van der Waals surface area contributed by atoms with Crippen molar-refractivity contribution in [3.63, 3.8) is 0 Å². The van der Waals surface area contributed by atoms with Gasteiger partial charge < -0.3 is 4.90 Å². The maximum absolute atomic E-state index is 12.4. The first kappa shape index (κ1) is 13.4. The number of halogens is 4. The summed E-state index contributed by atoms with van der Waals surface area (Å²) in [5.41, 5.74) is -0.441. The molecule has 0 bridgehead atoms. The Balaban J connectivity index is 2.12. The second kappa shape index (κ2) is 4.91. The summed E-state index contributed by atoms with van der Waals surface area (Å²) in [5.74, 6) is -0.217. The van der Waals surface area contributed by atoms with Crippen LogP contribution < -0.4 is 0 Å². The standard InChI is InChI=1S/C12H11BrF3NO/c13-10-5-6-17(7-10)11(18)8-1-3-9(4-2-8)12(14,15)16/h1-4,10H,5-7H2. The first-order valence-corrected chi connectivity index (χ1v) is 6.40. The average molecular weight is 322 g/mol. The van der Waals surface area contributed by atoms with Crippen LogP contribution in [0.5, 0.6) is 0 Å². The second-order valence-electron chi connectivity index (χ2n) is 4.21. The second-order valence-corrected chi connectivity index (χ2v) is 5.51. The molecule has 0 spiro atoms. The van der Waals surface area contributed by atoms with Crippen LogP contribution in [0.3, 0.4) is 0 Å². The average Bonchev–Trinajstić information content (AvgIpc) is 2.74. The van der Waals surface area contributed by atoms with E-state index in [1.807, 2.05) is 0 Å². The molecule has 0 aliphatic carbocycles. The number of benzene rings is 1. The van der Waals surface area contributed by atoms with Gasteiger partial charge in [0.2, 0.25) is 0 Å². The molecule has 1 atom stereocenters. The van der Waals surface area contributed by atoms with Crippen LogP contribution in [0.1, 0.15) is 22.3 Å². The highest BCUT2D eigenvalue weighted by Gasteiger charge is 2.31. The zero-order valence-corrected chi connectivity index (χ0v) is 11.0. The van der Waals surface area contributed by atoms with E-state index in [1.165, 1.54) is 12.1 Å². The van der Waals surface area contributed by atoms with E-state index in [4.69, 9.17) is 0 Å². The van der Waals surface area contributed by atoms with Crippen LogP contribution in [0.4, 0.5) is 13.2 Å².